The predicted molar refractivity (Wildman–Crippen MR) is 111 cm³/mol. The number of carbonyl (C=O) groups excluding carboxylic acids is 1. The van der Waals surface area contributed by atoms with Gasteiger partial charge in [-0.25, -0.2) is 9.97 Å². The van der Waals surface area contributed by atoms with Gasteiger partial charge in [0.25, 0.3) is 0 Å². The highest BCUT2D eigenvalue weighted by atomic mass is 32.3. The molecule has 180 valence electrons. The first-order chi connectivity index (χ1) is 15.2. The Morgan fingerprint density at radius 3 is 2.27 bits per heavy atom. The Morgan fingerprint density at radius 2 is 1.76 bits per heavy atom. The third-order valence-corrected chi connectivity index (χ3v) is 5.63. The molecule has 2 fully saturated rings. The zero-order valence-electron chi connectivity index (χ0n) is 17.8. The summed E-state index contributed by atoms with van der Waals surface area (Å²) in [5, 5.41) is 3.43. The van der Waals surface area contributed by atoms with Crippen molar-refractivity contribution >= 4 is 16.3 Å². The van der Waals surface area contributed by atoms with Gasteiger partial charge >= 0.3 is 16.6 Å². The Morgan fingerprint density at radius 1 is 1.15 bits per heavy atom. The fourth-order valence-electron chi connectivity index (χ4n) is 4.09. The molecular formula is C20H23F3N4O5S. The van der Waals surface area contributed by atoms with Crippen LogP contribution in [0.1, 0.15) is 42.4 Å². The molecule has 0 bridgehead atoms. The van der Waals surface area contributed by atoms with E-state index in [-0.39, 0.29) is 11.9 Å². The highest BCUT2D eigenvalue weighted by molar-refractivity contribution is 7.79. The van der Waals surface area contributed by atoms with Crippen LogP contribution in [-0.4, -0.2) is 57.4 Å². The quantitative estimate of drug-likeness (QED) is 0.550. The molecule has 0 radical (unpaired) electrons. The third kappa shape index (κ3) is 6.05. The molecule has 0 aliphatic carbocycles. The van der Waals surface area contributed by atoms with Gasteiger partial charge in [0, 0.05) is 24.8 Å². The first kappa shape index (κ1) is 25.0. The Hall–Kier alpha value is -2.61. The predicted octanol–water partition coefficient (Wildman–Crippen LogP) is 2.84. The standard InChI is InChI=1S/C20H21F3N4O.H2O4S/c1-12-11-16(13-3-5-14(6-4-13)20(21,22)23)25-17(24-12)15-7-8-19(26-15)9-10-27(2)18(19)28;1-5(2,3)4/h3-6,11,15,26H,7-10H2,1-2H3;(H2,1,2,3,4)/t15-,19+;/m1./s1. The first-order valence-corrected chi connectivity index (χ1v) is 11.3. The number of nitrogens with zero attached hydrogens (tertiary/aromatic N) is 3. The van der Waals surface area contributed by atoms with E-state index >= 15 is 0 Å². The van der Waals surface area contributed by atoms with Crippen LogP contribution in [0, 0.1) is 6.92 Å². The Balaban J connectivity index is 0.000000555. The summed E-state index contributed by atoms with van der Waals surface area (Å²) in [5.74, 6) is 0.680. The fraction of sp³-hybridized carbons (Fsp3) is 0.450. The van der Waals surface area contributed by atoms with E-state index in [1.807, 2.05) is 6.92 Å². The van der Waals surface area contributed by atoms with Crippen molar-refractivity contribution < 1.29 is 35.5 Å². The highest BCUT2D eigenvalue weighted by Crippen LogP contribution is 2.38. The van der Waals surface area contributed by atoms with Gasteiger partial charge in [-0.05, 0) is 44.4 Å². The van der Waals surface area contributed by atoms with Crippen molar-refractivity contribution in [2.75, 3.05) is 13.6 Å². The van der Waals surface area contributed by atoms with E-state index in [1.54, 1.807) is 18.0 Å². The van der Waals surface area contributed by atoms with Crippen molar-refractivity contribution in [3.63, 3.8) is 0 Å². The molecule has 2 aromatic rings. The summed E-state index contributed by atoms with van der Waals surface area (Å²) in [4.78, 5) is 23.4. The van der Waals surface area contributed by atoms with Crippen LogP contribution in [0.3, 0.4) is 0 Å². The molecule has 1 aromatic heterocycles. The monoisotopic (exact) mass is 488 g/mol. The number of likely N-dealkylation sites (N-methyl/N-ethyl adjacent to an activating group) is 1. The lowest BCUT2D eigenvalue weighted by atomic mass is 9.96. The smallest absolute Gasteiger partial charge is 0.344 e. The van der Waals surface area contributed by atoms with Crippen LogP contribution < -0.4 is 5.32 Å². The van der Waals surface area contributed by atoms with Gasteiger partial charge in [0.05, 0.1) is 17.3 Å². The fourth-order valence-corrected chi connectivity index (χ4v) is 4.09. The molecule has 0 unspecified atom stereocenters. The maximum atomic E-state index is 12.8. The lowest BCUT2D eigenvalue weighted by Gasteiger charge is -2.23. The van der Waals surface area contributed by atoms with Crippen LogP contribution >= 0.6 is 0 Å². The molecule has 1 aromatic carbocycles. The second-order valence-corrected chi connectivity index (χ2v) is 8.97. The third-order valence-electron chi connectivity index (χ3n) is 5.63. The van der Waals surface area contributed by atoms with Crippen LogP contribution in [0.4, 0.5) is 13.2 Å². The summed E-state index contributed by atoms with van der Waals surface area (Å²) in [5.41, 5.74) is 0.683. The number of carbonyl (C=O) groups is 1. The van der Waals surface area contributed by atoms with E-state index in [4.69, 9.17) is 17.5 Å². The topological polar surface area (TPSA) is 133 Å². The maximum Gasteiger partial charge on any atom is 0.416 e. The zero-order valence-corrected chi connectivity index (χ0v) is 18.6. The van der Waals surface area contributed by atoms with Crippen LogP contribution in [0.25, 0.3) is 11.3 Å². The molecule has 13 heteroatoms. The SMILES string of the molecule is Cc1cc(-c2ccc(C(F)(F)F)cc2)nc([C@H]2CC[C@@]3(CCN(C)C3=O)N2)n1.O=S(=O)(O)O. The second-order valence-electron chi connectivity index (χ2n) is 8.07. The molecule has 33 heavy (non-hydrogen) atoms. The van der Waals surface area contributed by atoms with Crippen LogP contribution in [0.15, 0.2) is 30.3 Å². The Labute approximate surface area is 188 Å². The summed E-state index contributed by atoms with van der Waals surface area (Å²) in [6, 6.07) is 6.57. The number of nitrogens with one attached hydrogen (secondary N) is 1. The van der Waals surface area contributed by atoms with Gasteiger partial charge in [-0.2, -0.15) is 21.6 Å². The van der Waals surface area contributed by atoms with Gasteiger partial charge in [0.2, 0.25) is 5.91 Å². The van der Waals surface area contributed by atoms with Crippen molar-refractivity contribution in [3.05, 3.63) is 47.4 Å². The molecular weight excluding hydrogens is 465 g/mol. The minimum atomic E-state index is -4.67. The first-order valence-electron chi connectivity index (χ1n) is 9.94. The van der Waals surface area contributed by atoms with Crippen molar-refractivity contribution in [2.24, 2.45) is 0 Å². The van der Waals surface area contributed by atoms with Gasteiger partial charge in [-0.15, -0.1) is 0 Å². The van der Waals surface area contributed by atoms with Gasteiger partial charge in [-0.3, -0.25) is 19.2 Å². The van der Waals surface area contributed by atoms with Gasteiger partial charge in [0.1, 0.15) is 11.4 Å². The molecule has 2 atom stereocenters. The largest absolute Gasteiger partial charge is 0.416 e. The Bertz CT molecular complexity index is 1130. The molecule has 9 nitrogen and oxygen atoms in total. The highest BCUT2D eigenvalue weighted by Gasteiger charge is 2.50. The van der Waals surface area contributed by atoms with E-state index in [9.17, 15) is 18.0 Å². The number of aromatic nitrogens is 2. The summed E-state index contributed by atoms with van der Waals surface area (Å²) in [6.07, 6.45) is -2.13. The molecule has 2 aliphatic heterocycles. The van der Waals surface area contributed by atoms with Gasteiger partial charge < -0.3 is 4.90 Å². The maximum absolute atomic E-state index is 12.8. The number of aryl methyl sites for hydroxylation is 1. The number of rotatable bonds is 2. The van der Waals surface area contributed by atoms with E-state index in [1.165, 1.54) is 12.1 Å². The average Bonchev–Trinajstić information content (AvgIpc) is 3.26. The lowest BCUT2D eigenvalue weighted by Crippen LogP contribution is -2.47. The molecule has 0 saturated carbocycles. The van der Waals surface area contributed by atoms with E-state index in [2.05, 4.69) is 15.3 Å². The number of hydrogen-bond acceptors (Lipinski definition) is 6. The van der Waals surface area contributed by atoms with E-state index in [0.29, 0.717) is 17.1 Å². The van der Waals surface area contributed by atoms with Crippen molar-refractivity contribution in [2.45, 2.75) is 43.9 Å². The van der Waals surface area contributed by atoms with Crippen molar-refractivity contribution in [3.8, 4) is 11.3 Å². The van der Waals surface area contributed by atoms with Crippen LogP contribution in [-0.2, 0) is 21.4 Å². The summed E-state index contributed by atoms with van der Waals surface area (Å²) in [6.45, 7) is 2.56. The van der Waals surface area contributed by atoms with E-state index < -0.39 is 27.7 Å². The van der Waals surface area contributed by atoms with Gasteiger partial charge in [-0.1, -0.05) is 12.1 Å². The molecule has 3 heterocycles. The molecule has 3 N–H and O–H groups in total. The molecule has 4 rings (SSSR count). The minimum Gasteiger partial charge on any atom is -0.344 e. The molecule has 2 aliphatic rings. The van der Waals surface area contributed by atoms with Crippen molar-refractivity contribution in [1.29, 1.82) is 0 Å². The summed E-state index contributed by atoms with van der Waals surface area (Å²) >= 11 is 0. The normalized spacial score (nSPS) is 23.1. The second kappa shape index (κ2) is 8.97. The summed E-state index contributed by atoms with van der Waals surface area (Å²) < 4.78 is 70.0. The number of hydrogen-bond donors (Lipinski definition) is 3. The van der Waals surface area contributed by atoms with E-state index in [0.717, 1.165) is 43.6 Å². The molecule has 1 amide bonds. The number of likely N-dealkylation sites (tertiary alicyclic amines) is 1. The van der Waals surface area contributed by atoms with Crippen molar-refractivity contribution in [1.82, 2.24) is 20.2 Å². The van der Waals surface area contributed by atoms with Crippen LogP contribution in [0.2, 0.25) is 0 Å². The van der Waals surface area contributed by atoms with Crippen LogP contribution in [0.5, 0.6) is 0 Å². The number of alkyl halides is 3. The number of halogens is 3. The average molecular weight is 488 g/mol. The Kier molecular flexibility index (Phi) is 6.80. The zero-order chi connectivity index (χ0) is 24.6. The lowest BCUT2D eigenvalue weighted by molar-refractivity contribution is -0.137. The van der Waals surface area contributed by atoms with Gasteiger partial charge in [0.15, 0.2) is 0 Å². The number of benzene rings is 1. The minimum absolute atomic E-state index is 0.102. The molecule has 2 saturated heterocycles. The molecule has 1 spiro atoms. The number of amides is 1. The summed E-state index contributed by atoms with van der Waals surface area (Å²) in [7, 11) is -2.86.